The molecule has 0 heterocycles. The van der Waals surface area contributed by atoms with Gasteiger partial charge in [-0.15, -0.1) is 0 Å². The second kappa shape index (κ2) is 0.696. The van der Waals surface area contributed by atoms with E-state index in [0.29, 0.717) is 0 Å². The molecule has 0 aromatic carbocycles. The Kier molecular flexibility index (Phi) is 0.743. The first-order chi connectivity index (χ1) is 2.65. The predicted octanol–water partition coefficient (Wildman–Crippen LogP) is -2.65. The molecule has 0 unspecified atom stereocenters. The van der Waals surface area contributed by atoms with E-state index in [0.717, 1.165) is 0 Å². The van der Waals surface area contributed by atoms with Crippen molar-refractivity contribution in [2.24, 2.45) is 0 Å². The molecule has 0 fully saturated rings. The van der Waals surface area contributed by atoms with Gasteiger partial charge in [-0.25, -0.2) is 0 Å². The molecule has 0 radical (unpaired) electrons. The molecule has 6 nitrogen and oxygen atoms in total. The van der Waals surface area contributed by atoms with Gasteiger partial charge < -0.3 is 0 Å². The molecular weight excluding hydrogens is 190 g/mol. The Bertz CT molecular complexity index is 101. The van der Waals surface area contributed by atoms with E-state index in [1.165, 1.54) is 0 Å². The van der Waals surface area contributed by atoms with Crippen LogP contribution >= 0.6 is 10.2 Å². The molecule has 6 N–H and O–H groups in total. The van der Waals surface area contributed by atoms with E-state index in [2.05, 4.69) is 10.2 Å². The van der Waals surface area contributed by atoms with Crippen molar-refractivity contribution in [1.82, 2.24) is 0 Å². The number of halogens is 1. The summed E-state index contributed by atoms with van der Waals surface area (Å²) in [5.41, 5.74) is 0. The van der Waals surface area contributed by atoms with Crippen LogP contribution in [0.3, 0.4) is 0 Å². The maximum absolute atomic E-state index is 8.65. The molecule has 59 valence electrons. The Morgan fingerprint density at radius 2 is 0.750 bits per heavy atom. The summed E-state index contributed by atoms with van der Waals surface area (Å²) in [6, 6.07) is 0. The molecule has 0 aromatic heterocycles. The van der Waals surface area contributed by atoms with Crippen LogP contribution < -0.4 is 0 Å². The van der Waals surface area contributed by atoms with E-state index < -0.39 is 10.3 Å². The van der Waals surface area contributed by atoms with Gasteiger partial charge in [0.15, 0.2) is 0 Å². The molecule has 8 heteroatoms. The fourth-order valence-corrected chi connectivity index (χ4v) is 0. The van der Waals surface area contributed by atoms with Crippen LogP contribution in [0.2, 0.25) is 0 Å². The van der Waals surface area contributed by atoms with Crippen LogP contribution in [0.25, 0.3) is 0 Å². The molecule has 0 spiro atoms. The van der Waals surface area contributed by atoms with E-state index in [9.17, 15) is 0 Å². The van der Waals surface area contributed by atoms with Crippen molar-refractivity contribution in [2.45, 2.75) is 0 Å². The van der Waals surface area contributed by atoms with Crippen molar-refractivity contribution in [2.75, 3.05) is 0 Å². The first-order valence-electron chi connectivity index (χ1n) is 0.968. The van der Waals surface area contributed by atoms with Crippen molar-refractivity contribution in [1.29, 1.82) is 0 Å². The molecule has 0 saturated heterocycles. The summed E-state index contributed by atoms with van der Waals surface area (Å²) < 4.78 is 45.5. The van der Waals surface area contributed by atoms with Crippen LogP contribution in [0, 0.1) is 0 Å². The Labute approximate surface area is 46.7 Å². The van der Waals surface area contributed by atoms with E-state index in [1.807, 2.05) is 0 Å². The van der Waals surface area contributed by atoms with Crippen molar-refractivity contribution in [3.05, 3.63) is 0 Å². The average molecular weight is 196 g/mol. The van der Waals surface area contributed by atoms with Crippen LogP contribution in [-0.4, -0.2) is 25.5 Å². The zero-order valence-corrected chi connectivity index (χ0v) is 5.12. The minimum atomic E-state index is -8.65. The second-order valence-corrected chi connectivity index (χ2v) is 7.88. The van der Waals surface area contributed by atoms with Gasteiger partial charge in [-0.05, 0) is 0 Å². The van der Waals surface area contributed by atoms with Gasteiger partial charge in [0.05, 0.1) is 0 Å². The second-order valence-electron chi connectivity index (χ2n) is 1.27. The minimum absolute atomic E-state index is 3.75. The third-order valence-corrected chi connectivity index (χ3v) is 0. The molecule has 8 heavy (non-hydrogen) atoms. The topological polar surface area (TPSA) is 121 Å². The van der Waals surface area contributed by atoms with Gasteiger partial charge in [0.25, 0.3) is 0 Å². The Hall–Kier alpha value is 0.544. The molecular formula is H6ClNiO6. The van der Waals surface area contributed by atoms with Gasteiger partial charge in [-0.1, -0.05) is 0 Å². The molecule has 0 aliphatic heterocycles. The molecule has 0 aliphatic rings. The van der Waals surface area contributed by atoms with Gasteiger partial charge in [0.1, 0.15) is 0 Å². The zero-order valence-electron chi connectivity index (χ0n) is 3.38. The summed E-state index contributed by atoms with van der Waals surface area (Å²) in [6.07, 6.45) is 0. The van der Waals surface area contributed by atoms with Crippen LogP contribution in [0.15, 0.2) is 0 Å². The molecule has 0 aromatic rings. The fourth-order valence-electron chi connectivity index (χ4n) is 0. The third-order valence-electron chi connectivity index (χ3n) is 0. The van der Waals surface area contributed by atoms with Gasteiger partial charge in [-0.2, -0.15) is 0 Å². The maximum atomic E-state index is 7.58. The summed E-state index contributed by atoms with van der Waals surface area (Å²) in [4.78, 5) is 0. The van der Waals surface area contributed by atoms with Crippen molar-refractivity contribution in [3.63, 3.8) is 0 Å². The molecule has 0 atom stereocenters. The monoisotopic (exact) mass is 195 g/mol. The zero-order chi connectivity index (χ0) is 7.38. The van der Waals surface area contributed by atoms with Crippen LogP contribution in [0.4, 0.5) is 0 Å². The first-order valence-corrected chi connectivity index (χ1v) is 4.98. The summed E-state index contributed by atoms with van der Waals surface area (Å²) in [5, 5.41) is 0. The van der Waals surface area contributed by atoms with Crippen LogP contribution in [0.1, 0.15) is 0 Å². The van der Waals surface area contributed by atoms with Crippen molar-refractivity contribution >= 4 is 10.2 Å². The van der Waals surface area contributed by atoms with Gasteiger partial charge in [-0.3, -0.25) is 0 Å². The summed E-state index contributed by atoms with van der Waals surface area (Å²) in [7, 11) is -4.90. The number of hydrogen-bond acceptors (Lipinski definition) is 6. The standard InChI is InChI=1S/ClH.Ni.6H2O/h1H;;6*1H2/q;+7;;;;;;/p-7. The Morgan fingerprint density at radius 3 is 0.750 bits per heavy atom. The van der Waals surface area contributed by atoms with Gasteiger partial charge in [0, 0.05) is 0 Å². The average Bonchev–Trinajstić information content (AvgIpc) is 0.544. The summed E-state index contributed by atoms with van der Waals surface area (Å²) in [6.45, 7) is 0. The molecule has 0 bridgehead atoms. The van der Waals surface area contributed by atoms with E-state index >= 15 is 0 Å². The fraction of sp³-hybridized carbons (Fsp3) is 0. The SMILES string of the molecule is [OH][Ni]([OH])([OH])([OH])([OH])([OH])[Cl]. The van der Waals surface area contributed by atoms with Crippen molar-refractivity contribution in [3.8, 4) is 0 Å². The van der Waals surface area contributed by atoms with Gasteiger partial charge in [0.2, 0.25) is 0 Å². The summed E-state index contributed by atoms with van der Waals surface area (Å²) in [5.74, 6) is 0. The Morgan fingerprint density at radius 1 is 0.750 bits per heavy atom. The molecule has 0 rings (SSSR count). The number of hydrogen-bond donors (Lipinski definition) is 6. The van der Waals surface area contributed by atoms with Crippen LogP contribution in [0.5, 0.6) is 0 Å². The van der Waals surface area contributed by atoms with E-state index in [-0.39, 0.29) is 0 Å². The molecule has 0 saturated carbocycles. The molecule has 0 amide bonds. The van der Waals surface area contributed by atoms with Crippen LogP contribution in [-0.2, 0) is 10.3 Å². The van der Waals surface area contributed by atoms with E-state index in [1.54, 1.807) is 0 Å². The van der Waals surface area contributed by atoms with Crippen molar-refractivity contribution < 1.29 is 35.8 Å². The van der Waals surface area contributed by atoms with Gasteiger partial charge >= 0.3 is 46.0 Å². The third kappa shape index (κ3) is 681. The normalized spacial score (nSPS) is 27.1. The number of rotatable bonds is 0. The first kappa shape index (κ1) is 8.54. The quantitative estimate of drug-likeness (QED) is 0.235. The predicted molar refractivity (Wildman–Crippen MR) is 19.2 cm³/mol. The molecule has 0 aliphatic carbocycles. The summed E-state index contributed by atoms with van der Waals surface area (Å²) >= 11 is 0. The van der Waals surface area contributed by atoms with E-state index in [4.69, 9.17) is 25.5 Å². The Balaban J connectivity index is 5.14.